The third kappa shape index (κ3) is 5.09. The first-order valence-electron chi connectivity index (χ1n) is 12.2. The SMILES string of the molecule is CCOC(=O)Cn1c(=NC(=O)c2ccc(S(=O)(=O)N3CCCCC3)cc2)sc2c3ccccc3ccc21. The molecule has 0 saturated carbocycles. The lowest BCUT2D eigenvalue weighted by atomic mass is 10.1. The molecule has 5 rings (SSSR count). The molecule has 0 unspecified atom stereocenters. The van der Waals surface area contributed by atoms with Gasteiger partial charge in [-0.1, -0.05) is 48.1 Å². The van der Waals surface area contributed by atoms with E-state index in [1.165, 1.54) is 39.9 Å². The van der Waals surface area contributed by atoms with Gasteiger partial charge in [-0.05, 0) is 55.5 Å². The predicted molar refractivity (Wildman–Crippen MR) is 143 cm³/mol. The number of carbonyl (C=O) groups is 2. The normalized spacial score (nSPS) is 15.3. The first-order valence-corrected chi connectivity index (χ1v) is 14.5. The third-order valence-electron chi connectivity index (χ3n) is 6.42. The minimum absolute atomic E-state index is 0.0781. The van der Waals surface area contributed by atoms with Crippen LogP contribution in [0.3, 0.4) is 0 Å². The van der Waals surface area contributed by atoms with Crippen LogP contribution in [0.15, 0.2) is 70.6 Å². The van der Waals surface area contributed by atoms with E-state index >= 15 is 0 Å². The second kappa shape index (κ2) is 10.6. The molecule has 1 amide bonds. The van der Waals surface area contributed by atoms with Gasteiger partial charge in [0.2, 0.25) is 10.0 Å². The molecule has 0 bridgehead atoms. The number of piperidine rings is 1. The molecule has 1 aliphatic heterocycles. The molecule has 0 radical (unpaired) electrons. The van der Waals surface area contributed by atoms with E-state index in [1.54, 1.807) is 11.5 Å². The monoisotopic (exact) mass is 537 g/mol. The van der Waals surface area contributed by atoms with E-state index in [9.17, 15) is 18.0 Å². The minimum atomic E-state index is -3.59. The van der Waals surface area contributed by atoms with E-state index in [1.807, 2.05) is 36.4 Å². The summed E-state index contributed by atoms with van der Waals surface area (Å²) in [5.74, 6) is -0.938. The van der Waals surface area contributed by atoms with Gasteiger partial charge < -0.3 is 9.30 Å². The summed E-state index contributed by atoms with van der Waals surface area (Å²) in [6, 6.07) is 17.7. The van der Waals surface area contributed by atoms with Gasteiger partial charge in [0.15, 0.2) is 4.80 Å². The maximum Gasteiger partial charge on any atom is 0.326 e. The Balaban J connectivity index is 1.53. The number of thiazole rings is 1. The molecule has 0 aliphatic carbocycles. The van der Waals surface area contributed by atoms with Crippen LogP contribution >= 0.6 is 11.3 Å². The molecule has 37 heavy (non-hydrogen) atoms. The zero-order chi connectivity index (χ0) is 26.0. The molecular weight excluding hydrogens is 510 g/mol. The number of fused-ring (bicyclic) bond motifs is 3. The number of sulfonamides is 1. The molecule has 192 valence electrons. The van der Waals surface area contributed by atoms with Crippen LogP contribution in [0.4, 0.5) is 0 Å². The van der Waals surface area contributed by atoms with Crippen LogP contribution in [0.25, 0.3) is 21.0 Å². The van der Waals surface area contributed by atoms with Gasteiger partial charge in [0.1, 0.15) is 6.54 Å². The summed E-state index contributed by atoms with van der Waals surface area (Å²) in [4.78, 5) is 30.4. The Bertz CT molecular complexity index is 1650. The maximum atomic E-state index is 13.1. The fourth-order valence-electron chi connectivity index (χ4n) is 4.55. The maximum absolute atomic E-state index is 13.1. The van der Waals surface area contributed by atoms with Crippen molar-refractivity contribution in [3.8, 4) is 0 Å². The minimum Gasteiger partial charge on any atom is -0.465 e. The van der Waals surface area contributed by atoms with Crippen molar-refractivity contribution in [3.63, 3.8) is 0 Å². The topological polar surface area (TPSA) is 98.0 Å². The zero-order valence-corrected chi connectivity index (χ0v) is 22.1. The smallest absolute Gasteiger partial charge is 0.326 e. The van der Waals surface area contributed by atoms with Crippen LogP contribution in [-0.4, -0.2) is 48.9 Å². The molecule has 0 spiro atoms. The fraction of sp³-hybridized carbons (Fsp3) is 0.296. The van der Waals surface area contributed by atoms with E-state index in [-0.39, 0.29) is 23.6 Å². The summed E-state index contributed by atoms with van der Waals surface area (Å²) in [6.45, 7) is 2.94. The van der Waals surface area contributed by atoms with Gasteiger partial charge in [0.25, 0.3) is 5.91 Å². The Morgan fingerprint density at radius 1 is 0.973 bits per heavy atom. The van der Waals surface area contributed by atoms with Crippen LogP contribution in [0.2, 0.25) is 0 Å². The number of benzene rings is 3. The molecule has 1 fully saturated rings. The van der Waals surface area contributed by atoms with Crippen molar-refractivity contribution in [3.05, 3.63) is 71.0 Å². The van der Waals surface area contributed by atoms with Gasteiger partial charge in [-0.2, -0.15) is 9.30 Å². The van der Waals surface area contributed by atoms with Crippen molar-refractivity contribution >= 4 is 54.2 Å². The van der Waals surface area contributed by atoms with E-state index in [0.717, 1.165) is 40.3 Å². The molecular formula is C27H27N3O5S2. The van der Waals surface area contributed by atoms with Gasteiger partial charge in [-0.15, -0.1) is 0 Å². The largest absolute Gasteiger partial charge is 0.465 e. The zero-order valence-electron chi connectivity index (χ0n) is 20.4. The molecule has 0 N–H and O–H groups in total. The highest BCUT2D eigenvalue weighted by molar-refractivity contribution is 7.89. The Labute approximate surface area is 218 Å². The lowest BCUT2D eigenvalue weighted by Crippen LogP contribution is -2.35. The Morgan fingerprint density at radius 2 is 1.70 bits per heavy atom. The molecule has 1 saturated heterocycles. The number of amides is 1. The lowest BCUT2D eigenvalue weighted by molar-refractivity contribution is -0.143. The van der Waals surface area contributed by atoms with Crippen molar-refractivity contribution in [1.82, 2.24) is 8.87 Å². The number of aromatic nitrogens is 1. The molecule has 2 heterocycles. The van der Waals surface area contributed by atoms with Gasteiger partial charge in [0, 0.05) is 24.0 Å². The summed E-state index contributed by atoms with van der Waals surface area (Å²) in [5.41, 5.74) is 1.05. The van der Waals surface area contributed by atoms with E-state index < -0.39 is 21.9 Å². The van der Waals surface area contributed by atoms with Gasteiger partial charge in [0.05, 0.1) is 21.7 Å². The second-order valence-corrected chi connectivity index (χ2v) is 11.7. The first-order chi connectivity index (χ1) is 17.9. The van der Waals surface area contributed by atoms with E-state index in [4.69, 9.17) is 4.74 Å². The highest BCUT2D eigenvalue weighted by Gasteiger charge is 2.26. The number of hydrogen-bond donors (Lipinski definition) is 0. The second-order valence-electron chi connectivity index (χ2n) is 8.82. The number of carbonyl (C=O) groups excluding carboxylic acids is 2. The van der Waals surface area contributed by atoms with Crippen LogP contribution in [0, 0.1) is 0 Å². The number of nitrogens with zero attached hydrogens (tertiary/aromatic N) is 3. The molecule has 3 aromatic carbocycles. The lowest BCUT2D eigenvalue weighted by Gasteiger charge is -2.25. The van der Waals surface area contributed by atoms with Crippen molar-refractivity contribution in [1.29, 1.82) is 0 Å². The molecule has 0 atom stereocenters. The number of ether oxygens (including phenoxy) is 1. The summed E-state index contributed by atoms with van der Waals surface area (Å²) < 4.78 is 35.1. The molecule has 1 aliphatic rings. The molecule has 1 aromatic heterocycles. The number of hydrogen-bond acceptors (Lipinski definition) is 6. The fourth-order valence-corrected chi connectivity index (χ4v) is 7.23. The van der Waals surface area contributed by atoms with Crippen LogP contribution < -0.4 is 4.80 Å². The summed E-state index contributed by atoms with van der Waals surface area (Å²) in [6.07, 6.45) is 2.74. The Morgan fingerprint density at radius 3 is 2.43 bits per heavy atom. The standard InChI is InChI=1S/C27H27N3O5S2/c1-2-35-24(31)18-30-23-15-12-19-8-4-5-9-22(19)25(23)36-27(30)28-26(32)20-10-13-21(14-11-20)37(33,34)29-16-6-3-7-17-29/h4-5,8-15H,2-3,6-7,16-18H2,1H3. The predicted octanol–water partition coefficient (Wildman–Crippen LogP) is 4.33. The average Bonchev–Trinajstić information content (AvgIpc) is 3.26. The number of esters is 1. The van der Waals surface area contributed by atoms with Gasteiger partial charge in [-0.25, -0.2) is 8.42 Å². The molecule has 4 aromatic rings. The van der Waals surface area contributed by atoms with Crippen molar-refractivity contribution < 1.29 is 22.7 Å². The summed E-state index contributed by atoms with van der Waals surface area (Å²) in [5, 5.41) is 2.05. The molecule has 8 nitrogen and oxygen atoms in total. The average molecular weight is 538 g/mol. The van der Waals surface area contributed by atoms with E-state index in [0.29, 0.717) is 17.9 Å². The van der Waals surface area contributed by atoms with Crippen molar-refractivity contribution in [2.75, 3.05) is 19.7 Å². The van der Waals surface area contributed by atoms with Crippen LogP contribution in [0.5, 0.6) is 0 Å². The Kier molecular flexibility index (Phi) is 7.23. The quantitative estimate of drug-likeness (QED) is 0.341. The third-order valence-corrected chi connectivity index (χ3v) is 9.46. The highest BCUT2D eigenvalue weighted by Crippen LogP contribution is 2.28. The van der Waals surface area contributed by atoms with Crippen LogP contribution in [-0.2, 0) is 26.1 Å². The highest BCUT2D eigenvalue weighted by atomic mass is 32.2. The summed E-state index contributed by atoms with van der Waals surface area (Å²) >= 11 is 1.33. The van der Waals surface area contributed by atoms with Gasteiger partial charge in [-0.3, -0.25) is 9.59 Å². The van der Waals surface area contributed by atoms with E-state index in [2.05, 4.69) is 4.99 Å². The molecule has 10 heteroatoms. The van der Waals surface area contributed by atoms with Crippen molar-refractivity contribution in [2.45, 2.75) is 37.6 Å². The van der Waals surface area contributed by atoms with Crippen LogP contribution in [0.1, 0.15) is 36.5 Å². The first kappa shape index (κ1) is 25.3. The Hall–Kier alpha value is -3.34. The van der Waals surface area contributed by atoms with Crippen molar-refractivity contribution in [2.24, 2.45) is 4.99 Å². The summed E-state index contributed by atoms with van der Waals surface area (Å²) in [7, 11) is -3.59. The number of rotatable bonds is 6. The van der Waals surface area contributed by atoms with Gasteiger partial charge >= 0.3 is 5.97 Å².